The molecule has 0 bridgehead atoms. The summed E-state index contributed by atoms with van der Waals surface area (Å²) < 4.78 is 27.5. The fourth-order valence-electron chi connectivity index (χ4n) is 2.18. The normalized spacial score (nSPS) is 13.1. The zero-order valence-electron chi connectivity index (χ0n) is 12.2. The number of rotatable bonds is 5. The summed E-state index contributed by atoms with van der Waals surface area (Å²) in [6, 6.07) is 14.2. The van der Waals surface area contributed by atoms with Crippen LogP contribution in [0.25, 0.3) is 0 Å². The molecule has 3 N–H and O–H groups in total. The first-order valence-corrected chi connectivity index (χ1v) is 8.29. The maximum absolute atomic E-state index is 12.4. The van der Waals surface area contributed by atoms with Crippen LogP contribution in [-0.2, 0) is 16.6 Å². The second-order valence-electron chi connectivity index (χ2n) is 5.05. The van der Waals surface area contributed by atoms with Gasteiger partial charge in [-0.3, -0.25) is 0 Å². The summed E-state index contributed by atoms with van der Waals surface area (Å²) in [4.78, 5) is 0.264. The van der Waals surface area contributed by atoms with E-state index in [-0.39, 0.29) is 10.9 Å². The molecule has 2 aromatic carbocycles. The largest absolute Gasteiger partial charge is 0.326 e. The van der Waals surface area contributed by atoms with Gasteiger partial charge in [-0.15, -0.1) is 0 Å². The summed E-state index contributed by atoms with van der Waals surface area (Å²) in [5, 5.41) is 0. The van der Waals surface area contributed by atoms with Crippen LogP contribution in [0.1, 0.15) is 29.7 Å². The number of sulfonamides is 1. The van der Waals surface area contributed by atoms with Crippen LogP contribution < -0.4 is 10.5 Å². The maximum atomic E-state index is 12.4. The predicted molar refractivity (Wildman–Crippen MR) is 84.2 cm³/mol. The number of aryl methyl sites for hydroxylation is 1. The Bertz CT molecular complexity index is 712. The van der Waals surface area contributed by atoms with Crippen molar-refractivity contribution in [2.24, 2.45) is 5.73 Å². The van der Waals surface area contributed by atoms with Gasteiger partial charge < -0.3 is 5.73 Å². The molecule has 1 atom stereocenters. The van der Waals surface area contributed by atoms with Crippen LogP contribution in [0.5, 0.6) is 0 Å². The van der Waals surface area contributed by atoms with E-state index in [4.69, 9.17) is 5.73 Å². The van der Waals surface area contributed by atoms with Gasteiger partial charge in [-0.05, 0) is 42.7 Å². The van der Waals surface area contributed by atoms with Gasteiger partial charge in [-0.25, -0.2) is 13.1 Å². The Morgan fingerprint density at radius 2 is 1.81 bits per heavy atom. The van der Waals surface area contributed by atoms with Crippen molar-refractivity contribution in [3.8, 4) is 0 Å². The standard InChI is InChI=1S/C16H20N2O2S/c1-12-10-16(9-8-15(12)11-17)21(19,20)18-13(2)14-6-4-3-5-7-14/h3-10,13,18H,11,17H2,1-2H3. The second kappa shape index (κ2) is 6.39. The lowest BCUT2D eigenvalue weighted by Gasteiger charge is -2.15. The summed E-state index contributed by atoms with van der Waals surface area (Å²) in [5.41, 5.74) is 8.36. The van der Waals surface area contributed by atoms with Gasteiger partial charge >= 0.3 is 0 Å². The highest BCUT2D eigenvalue weighted by atomic mass is 32.2. The van der Waals surface area contributed by atoms with Crippen LogP contribution in [0.3, 0.4) is 0 Å². The van der Waals surface area contributed by atoms with Crippen LogP contribution >= 0.6 is 0 Å². The maximum Gasteiger partial charge on any atom is 0.241 e. The fraction of sp³-hybridized carbons (Fsp3) is 0.250. The molecule has 0 fully saturated rings. The van der Waals surface area contributed by atoms with Crippen LogP contribution in [0, 0.1) is 6.92 Å². The molecule has 0 aromatic heterocycles. The summed E-state index contributed by atoms with van der Waals surface area (Å²) in [5.74, 6) is 0. The van der Waals surface area contributed by atoms with Crippen LogP contribution in [0.15, 0.2) is 53.4 Å². The van der Waals surface area contributed by atoms with Gasteiger partial charge in [0.1, 0.15) is 0 Å². The topological polar surface area (TPSA) is 72.2 Å². The first-order chi connectivity index (χ1) is 9.94. The molecule has 112 valence electrons. The molecule has 2 rings (SSSR count). The van der Waals surface area contributed by atoms with Crippen molar-refractivity contribution in [1.82, 2.24) is 4.72 Å². The average Bonchev–Trinajstić information content (AvgIpc) is 2.47. The Hall–Kier alpha value is -1.69. The molecule has 0 saturated heterocycles. The monoisotopic (exact) mass is 304 g/mol. The van der Waals surface area contributed by atoms with Gasteiger partial charge in [0.2, 0.25) is 10.0 Å². The molecule has 0 radical (unpaired) electrons. The molecular weight excluding hydrogens is 284 g/mol. The highest BCUT2D eigenvalue weighted by Gasteiger charge is 2.18. The van der Waals surface area contributed by atoms with Crippen molar-refractivity contribution < 1.29 is 8.42 Å². The summed E-state index contributed by atoms with van der Waals surface area (Å²) in [7, 11) is -3.55. The quantitative estimate of drug-likeness (QED) is 0.891. The van der Waals surface area contributed by atoms with E-state index >= 15 is 0 Å². The third-order valence-corrected chi connectivity index (χ3v) is 5.01. The smallest absolute Gasteiger partial charge is 0.241 e. The number of hydrogen-bond acceptors (Lipinski definition) is 3. The molecule has 0 amide bonds. The summed E-state index contributed by atoms with van der Waals surface area (Å²) >= 11 is 0. The lowest BCUT2D eigenvalue weighted by Crippen LogP contribution is -2.27. The Labute approximate surface area is 126 Å². The van der Waals surface area contributed by atoms with E-state index in [0.717, 1.165) is 16.7 Å². The van der Waals surface area contributed by atoms with Gasteiger partial charge in [-0.1, -0.05) is 36.4 Å². The lowest BCUT2D eigenvalue weighted by molar-refractivity contribution is 0.567. The zero-order chi connectivity index (χ0) is 15.5. The summed E-state index contributed by atoms with van der Waals surface area (Å²) in [6.07, 6.45) is 0. The fourth-order valence-corrected chi connectivity index (χ4v) is 3.49. The van der Waals surface area contributed by atoms with E-state index in [1.165, 1.54) is 0 Å². The zero-order valence-corrected chi connectivity index (χ0v) is 13.0. The van der Waals surface area contributed by atoms with Crippen molar-refractivity contribution in [1.29, 1.82) is 0 Å². The molecule has 4 nitrogen and oxygen atoms in total. The minimum Gasteiger partial charge on any atom is -0.326 e. The SMILES string of the molecule is Cc1cc(S(=O)(=O)NC(C)c2ccccc2)ccc1CN. The Morgan fingerprint density at radius 3 is 2.38 bits per heavy atom. The highest BCUT2D eigenvalue weighted by Crippen LogP contribution is 2.19. The van der Waals surface area contributed by atoms with Crippen LogP contribution in [-0.4, -0.2) is 8.42 Å². The molecular formula is C16H20N2O2S. The molecule has 0 aliphatic carbocycles. The van der Waals surface area contributed by atoms with E-state index in [1.807, 2.05) is 44.2 Å². The predicted octanol–water partition coefficient (Wildman–Crippen LogP) is 2.49. The number of hydrogen-bond donors (Lipinski definition) is 2. The van der Waals surface area contributed by atoms with Crippen molar-refractivity contribution in [3.63, 3.8) is 0 Å². The van der Waals surface area contributed by atoms with Gasteiger partial charge in [0.15, 0.2) is 0 Å². The lowest BCUT2D eigenvalue weighted by atomic mass is 10.1. The minimum atomic E-state index is -3.55. The average molecular weight is 304 g/mol. The van der Waals surface area contributed by atoms with Crippen LogP contribution in [0.2, 0.25) is 0 Å². The van der Waals surface area contributed by atoms with Gasteiger partial charge in [-0.2, -0.15) is 0 Å². The molecule has 0 aliphatic heterocycles. The Balaban J connectivity index is 2.24. The highest BCUT2D eigenvalue weighted by molar-refractivity contribution is 7.89. The van der Waals surface area contributed by atoms with E-state index < -0.39 is 10.0 Å². The van der Waals surface area contributed by atoms with Crippen molar-refractivity contribution in [3.05, 3.63) is 65.2 Å². The molecule has 0 heterocycles. The molecule has 0 spiro atoms. The Morgan fingerprint density at radius 1 is 1.14 bits per heavy atom. The van der Waals surface area contributed by atoms with E-state index in [2.05, 4.69) is 4.72 Å². The first-order valence-electron chi connectivity index (χ1n) is 6.81. The van der Waals surface area contributed by atoms with Gasteiger partial charge in [0, 0.05) is 12.6 Å². The van der Waals surface area contributed by atoms with Crippen molar-refractivity contribution >= 4 is 10.0 Å². The second-order valence-corrected chi connectivity index (χ2v) is 6.76. The Kier molecular flexibility index (Phi) is 4.77. The molecule has 21 heavy (non-hydrogen) atoms. The molecule has 5 heteroatoms. The minimum absolute atomic E-state index is 0.264. The number of nitrogens with one attached hydrogen (secondary N) is 1. The summed E-state index contributed by atoms with van der Waals surface area (Å²) in [6.45, 7) is 4.09. The molecule has 0 saturated carbocycles. The van der Waals surface area contributed by atoms with Crippen molar-refractivity contribution in [2.75, 3.05) is 0 Å². The van der Waals surface area contributed by atoms with Crippen LogP contribution in [0.4, 0.5) is 0 Å². The molecule has 1 unspecified atom stereocenters. The third kappa shape index (κ3) is 3.69. The van der Waals surface area contributed by atoms with E-state index in [9.17, 15) is 8.42 Å². The van der Waals surface area contributed by atoms with Crippen molar-refractivity contribution in [2.45, 2.75) is 31.3 Å². The molecule has 2 aromatic rings. The van der Waals surface area contributed by atoms with E-state index in [1.54, 1.807) is 18.2 Å². The van der Waals surface area contributed by atoms with Gasteiger partial charge in [0.25, 0.3) is 0 Å². The number of benzene rings is 2. The van der Waals surface area contributed by atoms with Gasteiger partial charge in [0.05, 0.1) is 4.90 Å². The molecule has 0 aliphatic rings. The van der Waals surface area contributed by atoms with E-state index in [0.29, 0.717) is 6.54 Å². The third-order valence-electron chi connectivity index (χ3n) is 3.48. The first kappa shape index (κ1) is 15.7. The number of nitrogens with two attached hydrogens (primary N) is 1.